The van der Waals surface area contributed by atoms with E-state index in [0.717, 1.165) is 25.0 Å². The molecule has 5 heteroatoms. The third-order valence-electron chi connectivity index (χ3n) is 3.73. The Morgan fingerprint density at radius 2 is 2.24 bits per heavy atom. The maximum atomic E-state index is 11.7. The van der Waals surface area contributed by atoms with Gasteiger partial charge in [-0.05, 0) is 44.4 Å². The number of hydrogen-bond acceptors (Lipinski definition) is 2. The number of rotatable bonds is 6. The normalized spacial score (nSPS) is 12.3. The van der Waals surface area contributed by atoms with Gasteiger partial charge in [0.05, 0.1) is 0 Å². The van der Waals surface area contributed by atoms with Crippen molar-refractivity contribution in [3.63, 3.8) is 0 Å². The average Bonchev–Trinajstić information content (AvgIpc) is 2.85. The van der Waals surface area contributed by atoms with Crippen LogP contribution < -0.4 is 10.6 Å². The summed E-state index contributed by atoms with van der Waals surface area (Å²) in [4.78, 5) is 16.1. The van der Waals surface area contributed by atoms with Crippen LogP contribution in [0.15, 0.2) is 24.5 Å². The number of carbonyl (C=O) groups excluding carboxylic acids is 1. The van der Waals surface area contributed by atoms with Gasteiger partial charge in [-0.3, -0.25) is 0 Å². The van der Waals surface area contributed by atoms with Gasteiger partial charge in [-0.1, -0.05) is 6.92 Å². The van der Waals surface area contributed by atoms with Crippen molar-refractivity contribution in [2.75, 3.05) is 6.54 Å². The molecule has 114 valence electrons. The highest BCUT2D eigenvalue weighted by Gasteiger charge is 2.09. The largest absolute Gasteiger partial charge is 0.338 e. The Morgan fingerprint density at radius 1 is 1.43 bits per heavy atom. The number of urea groups is 1. The summed E-state index contributed by atoms with van der Waals surface area (Å²) in [5, 5.41) is 6.98. The molecular formula is C16H24N4O. The van der Waals surface area contributed by atoms with Crippen LogP contribution in [0.1, 0.15) is 32.8 Å². The Morgan fingerprint density at radius 3 is 2.95 bits per heavy atom. The van der Waals surface area contributed by atoms with Crippen molar-refractivity contribution in [2.24, 2.45) is 0 Å². The topological polar surface area (TPSA) is 59.0 Å². The number of nitrogens with one attached hydrogen (secondary N) is 2. The Balaban J connectivity index is 1.96. The monoisotopic (exact) mass is 288 g/mol. The first-order valence-corrected chi connectivity index (χ1v) is 7.62. The molecule has 0 saturated heterocycles. The van der Waals surface area contributed by atoms with E-state index in [0.29, 0.717) is 6.54 Å². The Labute approximate surface area is 125 Å². The van der Waals surface area contributed by atoms with Gasteiger partial charge in [0.1, 0.15) is 5.65 Å². The molecule has 2 aromatic heterocycles. The molecular weight excluding hydrogens is 264 g/mol. The highest BCUT2D eigenvalue weighted by molar-refractivity contribution is 5.80. The lowest BCUT2D eigenvalue weighted by molar-refractivity contribution is 0.237. The highest BCUT2D eigenvalue weighted by atomic mass is 16.2. The van der Waals surface area contributed by atoms with E-state index in [1.165, 1.54) is 10.9 Å². The van der Waals surface area contributed by atoms with Gasteiger partial charge in [0, 0.05) is 36.9 Å². The van der Waals surface area contributed by atoms with Gasteiger partial charge in [-0.25, -0.2) is 9.78 Å². The van der Waals surface area contributed by atoms with Crippen molar-refractivity contribution in [3.05, 3.63) is 30.1 Å². The molecule has 0 unspecified atom stereocenters. The molecule has 2 heterocycles. The van der Waals surface area contributed by atoms with E-state index in [-0.39, 0.29) is 12.1 Å². The summed E-state index contributed by atoms with van der Waals surface area (Å²) >= 11 is 0. The smallest absolute Gasteiger partial charge is 0.315 e. The predicted molar refractivity (Wildman–Crippen MR) is 85.4 cm³/mol. The van der Waals surface area contributed by atoms with Gasteiger partial charge >= 0.3 is 6.03 Å². The van der Waals surface area contributed by atoms with E-state index >= 15 is 0 Å². The van der Waals surface area contributed by atoms with Gasteiger partial charge in [-0.2, -0.15) is 0 Å². The fourth-order valence-electron chi connectivity index (χ4n) is 2.32. The molecule has 0 bridgehead atoms. The van der Waals surface area contributed by atoms with Crippen LogP contribution in [0.5, 0.6) is 0 Å². The molecule has 0 radical (unpaired) electrons. The quantitative estimate of drug-likeness (QED) is 0.858. The number of carbonyl (C=O) groups is 1. The van der Waals surface area contributed by atoms with Gasteiger partial charge in [0.2, 0.25) is 0 Å². The van der Waals surface area contributed by atoms with Crippen LogP contribution in [-0.2, 0) is 13.0 Å². The molecule has 0 spiro atoms. The third-order valence-corrected chi connectivity index (χ3v) is 3.73. The van der Waals surface area contributed by atoms with Crippen molar-refractivity contribution in [1.29, 1.82) is 0 Å². The average molecular weight is 288 g/mol. The second-order valence-electron chi connectivity index (χ2n) is 5.27. The Hall–Kier alpha value is -2.04. The molecule has 0 saturated carbocycles. The second-order valence-corrected chi connectivity index (χ2v) is 5.27. The number of aromatic nitrogens is 2. The number of amides is 2. The van der Waals surface area contributed by atoms with Crippen molar-refractivity contribution in [3.8, 4) is 0 Å². The molecule has 0 aromatic carbocycles. The number of fused-ring (bicyclic) bond motifs is 1. The van der Waals surface area contributed by atoms with E-state index in [1.54, 1.807) is 0 Å². The van der Waals surface area contributed by atoms with Crippen LogP contribution in [0.25, 0.3) is 11.0 Å². The first-order chi connectivity index (χ1) is 10.2. The van der Waals surface area contributed by atoms with Gasteiger partial charge in [0.15, 0.2) is 0 Å². The van der Waals surface area contributed by atoms with E-state index in [1.807, 2.05) is 19.2 Å². The lowest BCUT2D eigenvalue weighted by Crippen LogP contribution is -2.41. The van der Waals surface area contributed by atoms with Crippen molar-refractivity contribution in [2.45, 2.75) is 46.2 Å². The minimum atomic E-state index is -0.0956. The summed E-state index contributed by atoms with van der Waals surface area (Å²) in [6.45, 7) is 7.68. The van der Waals surface area contributed by atoms with Crippen LogP contribution in [-0.4, -0.2) is 28.2 Å². The molecule has 2 amide bonds. The fourth-order valence-corrected chi connectivity index (χ4v) is 2.32. The standard InChI is InChI=1S/C16H24N4O/c1-4-12(3)19-16(21)18-10-8-13-11-20(5-2)15-14(13)7-6-9-17-15/h6-7,9,11-12H,4-5,8,10H2,1-3H3,(H2,18,19,21)/t12-/m1/s1. The molecule has 21 heavy (non-hydrogen) atoms. The molecule has 1 atom stereocenters. The van der Waals surface area contributed by atoms with Crippen LogP contribution in [0.3, 0.4) is 0 Å². The van der Waals surface area contributed by atoms with E-state index < -0.39 is 0 Å². The molecule has 0 aliphatic rings. The van der Waals surface area contributed by atoms with Crippen molar-refractivity contribution >= 4 is 17.1 Å². The van der Waals surface area contributed by atoms with Gasteiger partial charge in [0.25, 0.3) is 0 Å². The zero-order chi connectivity index (χ0) is 15.2. The summed E-state index contributed by atoms with van der Waals surface area (Å²) in [5.74, 6) is 0. The van der Waals surface area contributed by atoms with Crippen LogP contribution in [0.4, 0.5) is 4.79 Å². The number of nitrogens with zero attached hydrogens (tertiary/aromatic N) is 2. The van der Waals surface area contributed by atoms with Crippen molar-refractivity contribution in [1.82, 2.24) is 20.2 Å². The van der Waals surface area contributed by atoms with E-state index in [2.05, 4.69) is 46.3 Å². The minimum Gasteiger partial charge on any atom is -0.338 e. The molecule has 2 N–H and O–H groups in total. The molecule has 0 fully saturated rings. The minimum absolute atomic E-state index is 0.0956. The van der Waals surface area contributed by atoms with E-state index in [9.17, 15) is 4.79 Å². The summed E-state index contributed by atoms with van der Waals surface area (Å²) in [6, 6.07) is 4.15. The van der Waals surface area contributed by atoms with Gasteiger partial charge in [-0.15, -0.1) is 0 Å². The van der Waals surface area contributed by atoms with Crippen molar-refractivity contribution < 1.29 is 4.79 Å². The number of aryl methyl sites for hydroxylation is 1. The zero-order valence-electron chi connectivity index (χ0n) is 13.0. The maximum Gasteiger partial charge on any atom is 0.315 e. The summed E-state index contributed by atoms with van der Waals surface area (Å²) in [5.41, 5.74) is 2.24. The summed E-state index contributed by atoms with van der Waals surface area (Å²) in [6.07, 6.45) is 5.69. The number of hydrogen-bond donors (Lipinski definition) is 2. The lowest BCUT2D eigenvalue weighted by atomic mass is 10.1. The van der Waals surface area contributed by atoms with E-state index in [4.69, 9.17) is 0 Å². The highest BCUT2D eigenvalue weighted by Crippen LogP contribution is 2.19. The predicted octanol–water partition coefficient (Wildman–Crippen LogP) is 2.70. The molecule has 0 aliphatic carbocycles. The Kier molecular flexibility index (Phi) is 5.20. The SMILES string of the molecule is CC[C@@H](C)NC(=O)NCCc1cn(CC)c2ncccc12. The fraction of sp³-hybridized carbons (Fsp3) is 0.500. The molecule has 5 nitrogen and oxygen atoms in total. The molecule has 2 rings (SSSR count). The lowest BCUT2D eigenvalue weighted by Gasteiger charge is -2.12. The first kappa shape index (κ1) is 15.4. The third kappa shape index (κ3) is 3.74. The molecule has 0 aliphatic heterocycles. The zero-order valence-corrected chi connectivity index (χ0v) is 13.0. The maximum absolute atomic E-state index is 11.7. The second kappa shape index (κ2) is 7.11. The van der Waals surface area contributed by atoms with Gasteiger partial charge < -0.3 is 15.2 Å². The first-order valence-electron chi connectivity index (χ1n) is 7.62. The number of pyridine rings is 1. The molecule has 2 aromatic rings. The Bertz CT molecular complexity index is 605. The van der Waals surface area contributed by atoms with Crippen LogP contribution >= 0.6 is 0 Å². The van der Waals surface area contributed by atoms with Crippen LogP contribution in [0.2, 0.25) is 0 Å². The summed E-state index contributed by atoms with van der Waals surface area (Å²) in [7, 11) is 0. The summed E-state index contributed by atoms with van der Waals surface area (Å²) < 4.78 is 2.14. The van der Waals surface area contributed by atoms with Crippen LogP contribution in [0, 0.1) is 0 Å².